The van der Waals surface area contributed by atoms with Crippen LogP contribution in [0, 0.1) is 5.92 Å². The first-order valence-corrected chi connectivity index (χ1v) is 15.3. The van der Waals surface area contributed by atoms with Crippen molar-refractivity contribution >= 4 is 27.2 Å². The van der Waals surface area contributed by atoms with Gasteiger partial charge in [-0.05, 0) is 17.0 Å². The molecule has 5 rings (SSSR count). The molecule has 0 spiro atoms. The molecule has 194 valence electrons. The highest BCUT2D eigenvalue weighted by atomic mass is 28.2. The van der Waals surface area contributed by atoms with E-state index in [0.717, 1.165) is 0 Å². The second-order valence-corrected chi connectivity index (χ2v) is 11.9. The standard InChI is InChI=1S/C21H24N2Si.C14H13B/c1-3-18(2)16-24-21(23-15-14-22-17-23,19-10-6-4-7-11-19)20-12-8-5-9-13-20;1-2-15(13-9-5-3-6-10-13)14-11-7-4-8-12-14/h3-15,17-18H,1,16,24H2,2H3;2-12H,1H2. The molecular weight excluding hydrogens is 487 g/mol. The molecule has 4 heteroatoms. The maximum absolute atomic E-state index is 4.35. The maximum Gasteiger partial charge on any atom is 0.233 e. The lowest BCUT2D eigenvalue weighted by Gasteiger charge is -2.37. The number of imidazole rings is 1. The van der Waals surface area contributed by atoms with Crippen molar-refractivity contribution in [1.82, 2.24) is 9.55 Å². The van der Waals surface area contributed by atoms with Gasteiger partial charge in [-0.2, -0.15) is 0 Å². The van der Waals surface area contributed by atoms with Crippen LogP contribution < -0.4 is 10.9 Å². The zero-order chi connectivity index (χ0) is 27.3. The Bertz CT molecular complexity index is 1310. The van der Waals surface area contributed by atoms with E-state index in [9.17, 15) is 0 Å². The summed E-state index contributed by atoms with van der Waals surface area (Å²) >= 11 is 0. The topological polar surface area (TPSA) is 17.8 Å². The molecule has 1 atom stereocenters. The van der Waals surface area contributed by atoms with Gasteiger partial charge in [0.2, 0.25) is 6.71 Å². The minimum absolute atomic E-state index is 0.115. The average molecular weight is 525 g/mol. The Labute approximate surface area is 236 Å². The van der Waals surface area contributed by atoms with Crippen LogP contribution in [0.15, 0.2) is 165 Å². The van der Waals surface area contributed by atoms with E-state index in [4.69, 9.17) is 0 Å². The molecule has 4 aromatic carbocycles. The number of hydrogen-bond acceptors (Lipinski definition) is 1. The van der Waals surface area contributed by atoms with Crippen molar-refractivity contribution in [2.45, 2.75) is 18.1 Å². The summed E-state index contributed by atoms with van der Waals surface area (Å²) in [7, 11) is -0.554. The van der Waals surface area contributed by atoms with E-state index < -0.39 is 9.52 Å². The van der Waals surface area contributed by atoms with Crippen molar-refractivity contribution in [2.24, 2.45) is 5.92 Å². The van der Waals surface area contributed by atoms with Crippen molar-refractivity contribution in [2.75, 3.05) is 0 Å². The lowest BCUT2D eigenvalue weighted by molar-refractivity contribution is 0.585. The molecule has 0 saturated carbocycles. The Kier molecular flexibility index (Phi) is 10.1. The van der Waals surface area contributed by atoms with Crippen LogP contribution >= 0.6 is 0 Å². The van der Waals surface area contributed by atoms with Crippen LogP contribution in [0.25, 0.3) is 0 Å². The molecule has 0 N–H and O–H groups in total. The highest BCUT2D eigenvalue weighted by Crippen LogP contribution is 2.34. The monoisotopic (exact) mass is 524 g/mol. The quantitative estimate of drug-likeness (QED) is 0.160. The van der Waals surface area contributed by atoms with Crippen LogP contribution in [0.5, 0.6) is 0 Å². The molecule has 0 aliphatic carbocycles. The fourth-order valence-corrected chi connectivity index (χ4v) is 7.74. The molecule has 0 radical (unpaired) electrons. The van der Waals surface area contributed by atoms with Crippen LogP contribution in [0.3, 0.4) is 0 Å². The van der Waals surface area contributed by atoms with Gasteiger partial charge in [0, 0.05) is 12.4 Å². The number of benzene rings is 4. The van der Waals surface area contributed by atoms with Gasteiger partial charge in [-0.25, -0.2) is 4.98 Å². The summed E-state index contributed by atoms with van der Waals surface area (Å²) in [6.07, 6.45) is 8.02. The Morgan fingerprint density at radius 1 is 0.769 bits per heavy atom. The first-order chi connectivity index (χ1) is 19.2. The normalized spacial score (nSPS) is 11.8. The fraction of sp³-hybridized carbons (Fsp3) is 0.114. The van der Waals surface area contributed by atoms with Crippen LogP contribution in [0.1, 0.15) is 18.1 Å². The third kappa shape index (κ3) is 6.84. The maximum atomic E-state index is 4.35. The molecule has 0 aliphatic heterocycles. The lowest BCUT2D eigenvalue weighted by Crippen LogP contribution is -2.42. The fourth-order valence-electron chi connectivity index (χ4n) is 5.14. The molecule has 0 fully saturated rings. The van der Waals surface area contributed by atoms with Gasteiger partial charge < -0.3 is 4.57 Å². The first-order valence-electron chi connectivity index (χ1n) is 13.6. The van der Waals surface area contributed by atoms with E-state index in [1.165, 1.54) is 28.1 Å². The van der Waals surface area contributed by atoms with E-state index in [1.807, 2.05) is 30.6 Å². The van der Waals surface area contributed by atoms with Crippen molar-refractivity contribution in [1.29, 1.82) is 0 Å². The Morgan fingerprint density at radius 2 is 1.23 bits per heavy atom. The molecular formula is C35H37BN2Si. The molecule has 0 saturated heterocycles. The summed E-state index contributed by atoms with van der Waals surface area (Å²) in [5, 5.41) is -0.115. The third-order valence-electron chi connectivity index (χ3n) is 7.36. The highest BCUT2D eigenvalue weighted by molar-refractivity contribution is 6.89. The SMILES string of the molecule is C=CB(c1ccccc1)c1ccccc1.C=CC(C)C[SiH2]C(c1ccccc1)(c1ccccc1)n1ccnc1. The first kappa shape index (κ1) is 27.9. The van der Waals surface area contributed by atoms with Gasteiger partial charge in [0.25, 0.3) is 0 Å². The Balaban J connectivity index is 0.000000202. The molecule has 2 nitrogen and oxygen atoms in total. The van der Waals surface area contributed by atoms with E-state index >= 15 is 0 Å². The van der Waals surface area contributed by atoms with Gasteiger partial charge in [0.05, 0.1) is 21.0 Å². The molecule has 0 bridgehead atoms. The zero-order valence-corrected chi connectivity index (χ0v) is 24.2. The summed E-state index contributed by atoms with van der Waals surface area (Å²) in [6, 6.07) is 43.8. The minimum atomic E-state index is -0.554. The van der Waals surface area contributed by atoms with Gasteiger partial charge in [-0.1, -0.05) is 151 Å². The van der Waals surface area contributed by atoms with E-state index in [0.29, 0.717) is 12.6 Å². The number of hydrogen-bond donors (Lipinski definition) is 0. The summed E-state index contributed by atoms with van der Waals surface area (Å²) < 4.78 is 2.31. The molecule has 0 aliphatic rings. The molecule has 1 unspecified atom stereocenters. The highest BCUT2D eigenvalue weighted by Gasteiger charge is 2.35. The lowest BCUT2D eigenvalue weighted by atomic mass is 9.41. The van der Waals surface area contributed by atoms with Crippen molar-refractivity contribution in [3.63, 3.8) is 0 Å². The van der Waals surface area contributed by atoms with Crippen LogP contribution in [0.4, 0.5) is 0 Å². The number of nitrogens with zero attached hydrogens (tertiary/aromatic N) is 2. The predicted molar refractivity (Wildman–Crippen MR) is 172 cm³/mol. The molecule has 39 heavy (non-hydrogen) atoms. The minimum Gasteiger partial charge on any atom is -0.327 e. The summed E-state index contributed by atoms with van der Waals surface area (Å²) in [4.78, 5) is 4.35. The molecule has 1 aromatic heterocycles. The van der Waals surface area contributed by atoms with Crippen molar-refractivity contribution < 1.29 is 0 Å². The second kappa shape index (κ2) is 14.1. The van der Waals surface area contributed by atoms with Crippen molar-refractivity contribution in [3.8, 4) is 0 Å². The average Bonchev–Trinajstić information content (AvgIpc) is 3.56. The largest absolute Gasteiger partial charge is 0.327 e. The molecule has 1 heterocycles. The van der Waals surface area contributed by atoms with E-state index in [1.54, 1.807) is 0 Å². The van der Waals surface area contributed by atoms with Gasteiger partial charge in [-0.15, -0.1) is 19.1 Å². The smallest absolute Gasteiger partial charge is 0.233 e. The third-order valence-corrected chi connectivity index (χ3v) is 10.5. The van der Waals surface area contributed by atoms with Gasteiger partial charge in [0.1, 0.15) is 0 Å². The van der Waals surface area contributed by atoms with Crippen LogP contribution in [-0.4, -0.2) is 25.8 Å². The zero-order valence-electron chi connectivity index (χ0n) is 22.8. The number of aromatic nitrogens is 2. The second-order valence-electron chi connectivity index (χ2n) is 9.85. The van der Waals surface area contributed by atoms with Crippen molar-refractivity contribution in [3.05, 3.63) is 176 Å². The van der Waals surface area contributed by atoms with Crippen LogP contribution in [0.2, 0.25) is 6.04 Å². The van der Waals surface area contributed by atoms with Gasteiger partial charge in [-0.3, -0.25) is 0 Å². The number of allylic oxidation sites excluding steroid dienone is 1. The van der Waals surface area contributed by atoms with E-state index in [-0.39, 0.29) is 5.16 Å². The van der Waals surface area contributed by atoms with E-state index in [2.05, 4.69) is 151 Å². The summed E-state index contributed by atoms with van der Waals surface area (Å²) in [5.74, 6) is 2.52. The number of rotatable bonds is 10. The Hall–Kier alpha value is -4.15. The van der Waals surface area contributed by atoms with Gasteiger partial charge in [0.15, 0.2) is 0 Å². The molecule has 0 amide bonds. The van der Waals surface area contributed by atoms with Crippen LogP contribution in [-0.2, 0) is 5.16 Å². The predicted octanol–water partition coefficient (Wildman–Crippen LogP) is 6.06. The Morgan fingerprint density at radius 3 is 1.62 bits per heavy atom. The summed E-state index contributed by atoms with van der Waals surface area (Å²) in [6.45, 7) is 10.4. The van der Waals surface area contributed by atoms with Gasteiger partial charge >= 0.3 is 0 Å². The summed E-state index contributed by atoms with van der Waals surface area (Å²) in [5.41, 5.74) is 5.27. The molecule has 5 aromatic rings.